The molecule has 122 valence electrons. The van der Waals surface area contributed by atoms with Crippen LogP contribution >= 0.6 is 0 Å². The number of hydrogen-bond donors (Lipinski definition) is 0. The van der Waals surface area contributed by atoms with Gasteiger partial charge in [0.1, 0.15) is 0 Å². The number of benzene rings is 1. The normalized spacial score (nSPS) is 37.3. The number of Topliss-reactive ketones (excluding diaryl/α,β-unsaturated/α-hetero) is 1. The minimum Gasteiger partial charge on any atom is -0.493 e. The van der Waals surface area contributed by atoms with Gasteiger partial charge < -0.3 is 14.4 Å². The van der Waals surface area contributed by atoms with Gasteiger partial charge >= 0.3 is 0 Å². The van der Waals surface area contributed by atoms with E-state index in [0.717, 1.165) is 37.3 Å². The van der Waals surface area contributed by atoms with Crippen molar-refractivity contribution in [3.63, 3.8) is 0 Å². The smallest absolute Gasteiger partial charge is 0.174 e. The molecule has 0 unspecified atom stereocenters. The summed E-state index contributed by atoms with van der Waals surface area (Å²) < 4.78 is 11.9. The van der Waals surface area contributed by atoms with E-state index in [2.05, 4.69) is 24.9 Å². The van der Waals surface area contributed by atoms with Gasteiger partial charge in [0.25, 0.3) is 0 Å². The van der Waals surface area contributed by atoms with Crippen LogP contribution in [-0.2, 0) is 16.6 Å². The highest BCUT2D eigenvalue weighted by atomic mass is 16.5. The molecule has 2 aliphatic carbocycles. The fraction of sp³-hybridized carbons (Fsp3) is 0.632. The molecule has 2 heterocycles. The molecule has 4 aliphatic rings. The molecule has 1 spiro atoms. The van der Waals surface area contributed by atoms with Gasteiger partial charge in [-0.3, -0.25) is 4.79 Å². The first-order chi connectivity index (χ1) is 11.1. The van der Waals surface area contributed by atoms with E-state index >= 15 is 0 Å². The zero-order valence-electron chi connectivity index (χ0n) is 14.0. The predicted octanol–water partition coefficient (Wildman–Crippen LogP) is 2.24. The Morgan fingerprint density at radius 2 is 2.26 bits per heavy atom. The largest absolute Gasteiger partial charge is 0.493 e. The highest BCUT2D eigenvalue weighted by Gasteiger charge is 2.65. The van der Waals surface area contributed by atoms with Crippen molar-refractivity contribution in [2.45, 2.75) is 50.2 Å². The van der Waals surface area contributed by atoms with Crippen molar-refractivity contribution in [2.24, 2.45) is 5.92 Å². The standard InChI is InChI=1S/C19H23NO3/c1-10-8-15(22-3)17-16-11(10)9-13-12-4-5-14(21)18(23-17)19(12,16)6-7-20(13)2/h8,12-13,18H,4-7,9H2,1-3H3/t12-,13+,18-,19-/m0/s1. The molecule has 0 radical (unpaired) electrons. The molecule has 23 heavy (non-hydrogen) atoms. The minimum absolute atomic E-state index is 0.102. The van der Waals surface area contributed by atoms with E-state index in [9.17, 15) is 4.79 Å². The predicted molar refractivity (Wildman–Crippen MR) is 86.3 cm³/mol. The van der Waals surface area contributed by atoms with Crippen LogP contribution in [0.4, 0.5) is 0 Å². The van der Waals surface area contributed by atoms with Crippen LogP contribution < -0.4 is 9.47 Å². The van der Waals surface area contributed by atoms with Gasteiger partial charge in [-0.15, -0.1) is 0 Å². The van der Waals surface area contributed by atoms with Crippen LogP contribution in [-0.4, -0.2) is 43.5 Å². The molecule has 1 saturated carbocycles. The third-order valence-electron chi connectivity index (χ3n) is 6.94. The van der Waals surface area contributed by atoms with Crippen molar-refractivity contribution in [3.8, 4) is 11.5 Å². The number of rotatable bonds is 1. The molecular formula is C19H23NO3. The van der Waals surface area contributed by atoms with Gasteiger partial charge in [0.15, 0.2) is 23.4 Å². The van der Waals surface area contributed by atoms with Crippen LogP contribution in [0.25, 0.3) is 0 Å². The van der Waals surface area contributed by atoms with Crippen LogP contribution in [0.3, 0.4) is 0 Å². The van der Waals surface area contributed by atoms with Gasteiger partial charge in [0.05, 0.1) is 7.11 Å². The van der Waals surface area contributed by atoms with Crippen LogP contribution in [0.1, 0.15) is 36.0 Å². The Morgan fingerprint density at radius 3 is 3.04 bits per heavy atom. The Bertz CT molecular complexity index is 728. The summed E-state index contributed by atoms with van der Waals surface area (Å²) in [4.78, 5) is 15.2. The Hall–Kier alpha value is -1.55. The molecular weight excluding hydrogens is 290 g/mol. The summed E-state index contributed by atoms with van der Waals surface area (Å²) in [6, 6.07) is 2.62. The summed E-state index contributed by atoms with van der Waals surface area (Å²) in [6.45, 7) is 3.21. The molecule has 1 saturated heterocycles. The number of carbonyl (C=O) groups excluding carboxylic acids is 1. The average Bonchev–Trinajstić information content (AvgIpc) is 2.89. The Balaban J connectivity index is 1.84. The molecule has 2 aliphatic heterocycles. The van der Waals surface area contributed by atoms with Crippen molar-refractivity contribution in [1.82, 2.24) is 4.90 Å². The van der Waals surface area contributed by atoms with Crippen LogP contribution in [0.15, 0.2) is 6.07 Å². The lowest BCUT2D eigenvalue weighted by Crippen LogP contribution is -2.65. The topological polar surface area (TPSA) is 38.8 Å². The lowest BCUT2D eigenvalue weighted by molar-refractivity contribution is -0.138. The molecule has 2 bridgehead atoms. The second-order valence-corrected chi connectivity index (χ2v) is 7.73. The highest BCUT2D eigenvalue weighted by molar-refractivity contribution is 5.89. The van der Waals surface area contributed by atoms with E-state index < -0.39 is 0 Å². The Labute approximate surface area is 136 Å². The summed E-state index contributed by atoms with van der Waals surface area (Å²) in [6.07, 6.45) is 3.47. The number of ether oxygens (including phenoxy) is 2. The van der Waals surface area contributed by atoms with E-state index in [4.69, 9.17) is 9.47 Å². The minimum atomic E-state index is -0.290. The van der Waals surface area contributed by atoms with Crippen LogP contribution in [0.2, 0.25) is 0 Å². The first kappa shape index (κ1) is 13.8. The van der Waals surface area contributed by atoms with E-state index in [-0.39, 0.29) is 17.3 Å². The number of piperidine rings is 1. The molecule has 2 fully saturated rings. The van der Waals surface area contributed by atoms with Gasteiger partial charge in [-0.25, -0.2) is 0 Å². The Morgan fingerprint density at radius 1 is 1.43 bits per heavy atom. The maximum atomic E-state index is 12.7. The molecule has 1 aromatic carbocycles. The maximum absolute atomic E-state index is 12.7. The first-order valence-corrected chi connectivity index (χ1v) is 8.68. The van der Waals surface area contributed by atoms with Crippen LogP contribution in [0.5, 0.6) is 11.5 Å². The van der Waals surface area contributed by atoms with E-state index in [1.54, 1.807) is 7.11 Å². The van der Waals surface area contributed by atoms with Crippen molar-refractivity contribution < 1.29 is 14.3 Å². The molecule has 4 heteroatoms. The maximum Gasteiger partial charge on any atom is 0.174 e. The lowest BCUT2D eigenvalue weighted by Gasteiger charge is -2.57. The summed E-state index contributed by atoms with van der Waals surface area (Å²) in [5, 5.41) is 0. The number of hydrogen-bond acceptors (Lipinski definition) is 4. The number of likely N-dealkylation sites (tertiary alicyclic amines) is 1. The SMILES string of the molecule is COc1cc(C)c2c3c1O[C@H]1C(=O)CC[C@H]4[C@@H](C2)N(C)CC[C@]314. The lowest BCUT2D eigenvalue weighted by atomic mass is 9.51. The van der Waals surface area contributed by atoms with Gasteiger partial charge in [-0.1, -0.05) is 0 Å². The van der Waals surface area contributed by atoms with Crippen molar-refractivity contribution in [2.75, 3.05) is 20.7 Å². The number of aryl methyl sites for hydroxylation is 1. The molecule has 0 N–H and O–H groups in total. The average molecular weight is 313 g/mol. The van der Waals surface area contributed by atoms with Gasteiger partial charge in [-0.05, 0) is 62.9 Å². The fourth-order valence-corrected chi connectivity index (χ4v) is 5.92. The molecule has 0 aromatic heterocycles. The van der Waals surface area contributed by atoms with Crippen molar-refractivity contribution in [3.05, 3.63) is 22.8 Å². The summed E-state index contributed by atoms with van der Waals surface area (Å²) in [5.74, 6) is 2.48. The van der Waals surface area contributed by atoms with Gasteiger partial charge in [0, 0.05) is 23.4 Å². The van der Waals surface area contributed by atoms with E-state index in [0.29, 0.717) is 18.4 Å². The number of likely N-dealkylation sites (N-methyl/N-ethyl adjacent to an activating group) is 1. The second-order valence-electron chi connectivity index (χ2n) is 7.73. The number of nitrogens with zero attached hydrogens (tertiary/aromatic N) is 1. The molecule has 0 amide bonds. The molecule has 4 nitrogen and oxygen atoms in total. The second kappa shape index (κ2) is 4.29. The fourth-order valence-electron chi connectivity index (χ4n) is 5.92. The highest BCUT2D eigenvalue weighted by Crippen LogP contribution is 2.63. The molecule has 5 rings (SSSR count). The number of methoxy groups -OCH3 is 1. The van der Waals surface area contributed by atoms with Crippen molar-refractivity contribution >= 4 is 5.78 Å². The quantitative estimate of drug-likeness (QED) is 0.797. The summed E-state index contributed by atoms with van der Waals surface area (Å²) in [5.41, 5.74) is 3.91. The summed E-state index contributed by atoms with van der Waals surface area (Å²) in [7, 11) is 3.93. The summed E-state index contributed by atoms with van der Waals surface area (Å²) >= 11 is 0. The third kappa shape index (κ3) is 1.44. The van der Waals surface area contributed by atoms with Crippen LogP contribution in [0, 0.1) is 12.8 Å². The number of carbonyl (C=O) groups is 1. The first-order valence-electron chi connectivity index (χ1n) is 8.68. The zero-order chi connectivity index (χ0) is 15.9. The monoisotopic (exact) mass is 313 g/mol. The third-order valence-corrected chi connectivity index (χ3v) is 6.94. The van der Waals surface area contributed by atoms with Crippen molar-refractivity contribution in [1.29, 1.82) is 0 Å². The molecule has 4 atom stereocenters. The van der Waals surface area contributed by atoms with E-state index in [1.165, 1.54) is 16.7 Å². The Kier molecular flexibility index (Phi) is 2.59. The van der Waals surface area contributed by atoms with Gasteiger partial charge in [0.2, 0.25) is 0 Å². The zero-order valence-corrected chi connectivity index (χ0v) is 14.0. The van der Waals surface area contributed by atoms with E-state index in [1.807, 2.05) is 0 Å². The van der Waals surface area contributed by atoms with Gasteiger partial charge in [-0.2, -0.15) is 0 Å². The molecule has 1 aromatic rings. The number of ketones is 1.